The Bertz CT molecular complexity index is 353. The zero-order chi connectivity index (χ0) is 9.84. The van der Waals surface area contributed by atoms with Gasteiger partial charge in [0.05, 0.1) is 0 Å². The van der Waals surface area contributed by atoms with Gasteiger partial charge in [-0.25, -0.2) is 0 Å². The van der Waals surface area contributed by atoms with Gasteiger partial charge in [0.1, 0.15) is 5.76 Å². The molecular formula is C11H11NO. The van der Waals surface area contributed by atoms with Crippen LogP contribution in [-0.4, -0.2) is 0 Å². The van der Waals surface area contributed by atoms with Gasteiger partial charge < -0.3 is 4.74 Å². The molecule has 0 aromatic heterocycles. The average molecular weight is 173 g/mol. The first-order valence-electron chi connectivity index (χ1n) is 3.96. The summed E-state index contributed by atoms with van der Waals surface area (Å²) in [6.07, 6.45) is 6.24. The summed E-state index contributed by atoms with van der Waals surface area (Å²) >= 11 is 0. The Hall–Kier alpha value is -1.75. The third-order valence-corrected chi connectivity index (χ3v) is 1.94. The first-order valence-corrected chi connectivity index (χ1v) is 3.96. The number of nitrogens with zero attached hydrogens (tertiary/aromatic N) is 1. The summed E-state index contributed by atoms with van der Waals surface area (Å²) in [4.78, 5) is 0. The van der Waals surface area contributed by atoms with Gasteiger partial charge in [-0.1, -0.05) is 30.9 Å². The number of hydrogen-bond acceptors (Lipinski definition) is 2. The number of nitriles is 1. The smallest absolute Gasteiger partial charge is 0.292 e. The number of allylic oxidation sites excluding steroid dienone is 5. The van der Waals surface area contributed by atoms with Crippen LogP contribution in [0.25, 0.3) is 0 Å². The molecule has 0 unspecified atom stereocenters. The second-order valence-electron chi connectivity index (χ2n) is 2.96. The third kappa shape index (κ3) is 2.09. The molecule has 1 aliphatic rings. The molecule has 1 aliphatic carbocycles. The van der Waals surface area contributed by atoms with Gasteiger partial charge in [-0.15, -0.1) is 5.26 Å². The van der Waals surface area contributed by atoms with Crippen molar-refractivity contribution in [3.8, 4) is 6.26 Å². The SMILES string of the molecule is C=C(C)C1=CC=C(C(=C)OC#N)C1. The van der Waals surface area contributed by atoms with Crippen molar-refractivity contribution >= 4 is 0 Å². The molecule has 13 heavy (non-hydrogen) atoms. The molecule has 0 heterocycles. The van der Waals surface area contributed by atoms with E-state index < -0.39 is 0 Å². The lowest BCUT2D eigenvalue weighted by Crippen LogP contribution is -1.89. The predicted molar refractivity (Wildman–Crippen MR) is 51.4 cm³/mol. The highest BCUT2D eigenvalue weighted by molar-refractivity contribution is 5.46. The summed E-state index contributed by atoms with van der Waals surface area (Å²) in [7, 11) is 0. The van der Waals surface area contributed by atoms with Crippen LogP contribution >= 0.6 is 0 Å². The summed E-state index contributed by atoms with van der Waals surface area (Å²) < 4.78 is 4.63. The maximum Gasteiger partial charge on any atom is 0.292 e. The standard InChI is InChI=1S/C11H11NO/c1-8(2)10-4-5-11(6-10)9(3)13-7-12/h4-5H,1,3,6H2,2H3. The predicted octanol–water partition coefficient (Wildman–Crippen LogP) is 2.83. The van der Waals surface area contributed by atoms with Crippen LogP contribution in [0.15, 0.2) is 47.8 Å². The fourth-order valence-electron chi connectivity index (χ4n) is 1.13. The number of hydrogen-bond donors (Lipinski definition) is 0. The molecule has 0 radical (unpaired) electrons. The molecule has 0 bridgehead atoms. The molecule has 1 rings (SSSR count). The van der Waals surface area contributed by atoms with Crippen molar-refractivity contribution < 1.29 is 4.74 Å². The minimum atomic E-state index is 0.426. The van der Waals surface area contributed by atoms with Gasteiger partial charge in [-0.2, -0.15) is 0 Å². The molecule has 0 fully saturated rings. The highest BCUT2D eigenvalue weighted by atomic mass is 16.5. The van der Waals surface area contributed by atoms with Crippen LogP contribution in [0.2, 0.25) is 0 Å². The Balaban J connectivity index is 2.60. The molecule has 0 aliphatic heterocycles. The summed E-state index contributed by atoms with van der Waals surface area (Å²) in [5.74, 6) is 0.426. The molecule has 0 N–H and O–H groups in total. The molecule has 0 saturated carbocycles. The molecule has 0 aromatic rings. The molecule has 0 atom stereocenters. The van der Waals surface area contributed by atoms with Gasteiger partial charge in [-0.05, 0) is 18.1 Å². The van der Waals surface area contributed by atoms with Gasteiger partial charge in [0.15, 0.2) is 0 Å². The van der Waals surface area contributed by atoms with E-state index in [0.29, 0.717) is 5.76 Å². The second-order valence-corrected chi connectivity index (χ2v) is 2.96. The summed E-state index contributed by atoms with van der Waals surface area (Å²) in [6, 6.07) is 0. The zero-order valence-electron chi connectivity index (χ0n) is 7.63. The van der Waals surface area contributed by atoms with Gasteiger partial charge in [0.25, 0.3) is 6.26 Å². The average Bonchev–Trinajstić information content (AvgIpc) is 2.52. The van der Waals surface area contributed by atoms with Crippen molar-refractivity contribution in [2.24, 2.45) is 0 Å². The normalized spacial score (nSPS) is 14.2. The molecule has 2 heteroatoms. The third-order valence-electron chi connectivity index (χ3n) is 1.94. The van der Waals surface area contributed by atoms with Crippen LogP contribution in [0.4, 0.5) is 0 Å². The Morgan fingerprint density at radius 2 is 2.08 bits per heavy atom. The quantitative estimate of drug-likeness (QED) is 0.485. The van der Waals surface area contributed by atoms with Gasteiger partial charge >= 0.3 is 0 Å². The van der Waals surface area contributed by atoms with Crippen molar-refractivity contribution in [2.75, 3.05) is 0 Å². The van der Waals surface area contributed by atoms with E-state index in [1.165, 1.54) is 0 Å². The molecule has 2 nitrogen and oxygen atoms in total. The van der Waals surface area contributed by atoms with Crippen LogP contribution in [0.3, 0.4) is 0 Å². The Labute approximate surface area is 78.1 Å². The van der Waals surface area contributed by atoms with E-state index >= 15 is 0 Å². The van der Waals surface area contributed by atoms with E-state index in [1.54, 1.807) is 6.26 Å². The highest BCUT2D eigenvalue weighted by Crippen LogP contribution is 2.28. The first kappa shape index (κ1) is 9.34. The Kier molecular flexibility index (Phi) is 2.71. The van der Waals surface area contributed by atoms with E-state index in [2.05, 4.69) is 17.9 Å². The zero-order valence-corrected chi connectivity index (χ0v) is 7.63. The van der Waals surface area contributed by atoms with Gasteiger partial charge in [0.2, 0.25) is 0 Å². The minimum Gasteiger partial charge on any atom is -0.388 e. The van der Waals surface area contributed by atoms with Gasteiger partial charge in [0, 0.05) is 6.42 Å². The fraction of sp³-hybridized carbons (Fsp3) is 0.182. The largest absolute Gasteiger partial charge is 0.388 e. The molecule has 0 spiro atoms. The van der Waals surface area contributed by atoms with E-state index in [0.717, 1.165) is 23.1 Å². The van der Waals surface area contributed by atoms with Crippen molar-refractivity contribution in [1.82, 2.24) is 0 Å². The second kappa shape index (κ2) is 3.77. The number of rotatable bonds is 3. The van der Waals surface area contributed by atoms with E-state index in [1.807, 2.05) is 19.1 Å². The van der Waals surface area contributed by atoms with Crippen molar-refractivity contribution in [3.63, 3.8) is 0 Å². The summed E-state index contributed by atoms with van der Waals surface area (Å²) in [5.41, 5.74) is 3.15. The summed E-state index contributed by atoms with van der Waals surface area (Å²) in [6.45, 7) is 9.44. The molecule has 0 aromatic carbocycles. The lowest BCUT2D eigenvalue weighted by atomic mass is 10.1. The van der Waals surface area contributed by atoms with Crippen molar-refractivity contribution in [2.45, 2.75) is 13.3 Å². The van der Waals surface area contributed by atoms with Crippen LogP contribution in [0, 0.1) is 11.5 Å². The maximum atomic E-state index is 8.28. The fourth-order valence-corrected chi connectivity index (χ4v) is 1.13. The van der Waals surface area contributed by atoms with Crippen molar-refractivity contribution in [3.05, 3.63) is 47.8 Å². The maximum absolute atomic E-state index is 8.28. The van der Waals surface area contributed by atoms with Crippen LogP contribution in [0.5, 0.6) is 0 Å². The Morgan fingerprint density at radius 3 is 2.54 bits per heavy atom. The Morgan fingerprint density at radius 1 is 1.46 bits per heavy atom. The summed E-state index contributed by atoms with van der Waals surface area (Å²) in [5, 5.41) is 8.28. The first-order chi connectivity index (χ1) is 6.15. The topological polar surface area (TPSA) is 33.0 Å². The van der Waals surface area contributed by atoms with Crippen LogP contribution < -0.4 is 0 Å². The van der Waals surface area contributed by atoms with Crippen LogP contribution in [-0.2, 0) is 4.74 Å². The van der Waals surface area contributed by atoms with Gasteiger partial charge in [-0.3, -0.25) is 0 Å². The van der Waals surface area contributed by atoms with E-state index in [9.17, 15) is 0 Å². The van der Waals surface area contributed by atoms with E-state index in [-0.39, 0.29) is 0 Å². The monoisotopic (exact) mass is 173 g/mol. The minimum absolute atomic E-state index is 0.426. The highest BCUT2D eigenvalue weighted by Gasteiger charge is 2.12. The molecular weight excluding hydrogens is 162 g/mol. The molecule has 0 amide bonds. The van der Waals surface area contributed by atoms with Crippen molar-refractivity contribution in [1.29, 1.82) is 5.26 Å². The molecule has 66 valence electrons. The van der Waals surface area contributed by atoms with E-state index in [4.69, 9.17) is 5.26 Å². The number of ether oxygens (including phenoxy) is 1. The lowest BCUT2D eigenvalue weighted by Gasteiger charge is -2.04. The van der Waals surface area contributed by atoms with Crippen LogP contribution in [0.1, 0.15) is 13.3 Å². The lowest BCUT2D eigenvalue weighted by molar-refractivity contribution is 0.386. The molecule has 0 saturated heterocycles.